The van der Waals surface area contributed by atoms with E-state index in [1.807, 2.05) is 13.8 Å². The van der Waals surface area contributed by atoms with Gasteiger partial charge in [0.1, 0.15) is 5.54 Å². The molecule has 2 unspecified atom stereocenters. The van der Waals surface area contributed by atoms with Crippen molar-refractivity contribution in [3.8, 4) is 0 Å². The van der Waals surface area contributed by atoms with E-state index in [4.69, 9.17) is 10.5 Å². The Morgan fingerprint density at radius 1 is 1.24 bits per heavy atom. The summed E-state index contributed by atoms with van der Waals surface area (Å²) < 4.78 is 5.38. The maximum absolute atomic E-state index is 11.8. The maximum atomic E-state index is 11.8. The minimum absolute atomic E-state index is 0.0147. The number of unbranched alkanes of at least 4 members (excludes halogenated alkanes) is 3. The van der Waals surface area contributed by atoms with Crippen LogP contribution in [0.4, 0.5) is 0 Å². The van der Waals surface area contributed by atoms with E-state index in [0.717, 1.165) is 19.3 Å². The monoisotopic (exact) mass is 243 g/mol. The van der Waals surface area contributed by atoms with Gasteiger partial charge in [0.05, 0.1) is 6.10 Å². The highest BCUT2D eigenvalue weighted by molar-refractivity contribution is 5.80. The molecular weight excluding hydrogens is 214 g/mol. The third-order valence-corrected chi connectivity index (χ3v) is 3.01. The van der Waals surface area contributed by atoms with Crippen molar-refractivity contribution in [3.63, 3.8) is 0 Å². The molecule has 3 nitrogen and oxygen atoms in total. The molecule has 0 saturated carbocycles. The van der Waals surface area contributed by atoms with Gasteiger partial charge in [-0.15, -0.1) is 0 Å². The molecule has 0 aromatic rings. The number of rotatable bonds is 9. The molecule has 0 aromatic carbocycles. The van der Waals surface area contributed by atoms with Crippen LogP contribution in [0.25, 0.3) is 0 Å². The van der Waals surface area contributed by atoms with Gasteiger partial charge < -0.3 is 10.5 Å². The lowest BCUT2D eigenvalue weighted by molar-refractivity contribution is -0.154. The fourth-order valence-corrected chi connectivity index (χ4v) is 1.86. The quantitative estimate of drug-likeness (QED) is 0.499. The molecule has 102 valence electrons. The van der Waals surface area contributed by atoms with E-state index >= 15 is 0 Å². The first-order valence-electron chi connectivity index (χ1n) is 6.94. The Morgan fingerprint density at radius 2 is 1.88 bits per heavy atom. The van der Waals surface area contributed by atoms with Crippen LogP contribution in [-0.4, -0.2) is 17.6 Å². The van der Waals surface area contributed by atoms with Gasteiger partial charge in [-0.3, -0.25) is 4.79 Å². The molecule has 0 aliphatic heterocycles. The van der Waals surface area contributed by atoms with Gasteiger partial charge in [-0.2, -0.15) is 0 Å². The summed E-state index contributed by atoms with van der Waals surface area (Å²) in [4.78, 5) is 11.8. The number of ether oxygens (including phenoxy) is 1. The summed E-state index contributed by atoms with van der Waals surface area (Å²) in [5.74, 6) is -0.262. The molecule has 0 saturated heterocycles. The van der Waals surface area contributed by atoms with Gasteiger partial charge in [0.15, 0.2) is 0 Å². The van der Waals surface area contributed by atoms with Crippen molar-refractivity contribution in [1.82, 2.24) is 0 Å². The average molecular weight is 243 g/mol. The van der Waals surface area contributed by atoms with Crippen LogP contribution in [0.2, 0.25) is 0 Å². The molecule has 17 heavy (non-hydrogen) atoms. The molecule has 0 aromatic heterocycles. The molecule has 2 atom stereocenters. The fraction of sp³-hybridized carbons (Fsp3) is 0.929. The summed E-state index contributed by atoms with van der Waals surface area (Å²) in [6, 6.07) is 0. The van der Waals surface area contributed by atoms with Gasteiger partial charge in [-0.05, 0) is 33.1 Å². The first-order chi connectivity index (χ1) is 7.94. The summed E-state index contributed by atoms with van der Waals surface area (Å²) in [6.45, 7) is 7.91. The number of nitrogens with two attached hydrogens (primary N) is 1. The molecule has 0 bridgehead atoms. The minimum Gasteiger partial charge on any atom is -0.461 e. The Bertz CT molecular complexity index is 214. The van der Waals surface area contributed by atoms with Crippen LogP contribution >= 0.6 is 0 Å². The van der Waals surface area contributed by atoms with E-state index in [-0.39, 0.29) is 12.1 Å². The second kappa shape index (κ2) is 8.51. The molecule has 0 amide bonds. The first kappa shape index (κ1) is 16.4. The predicted molar refractivity (Wildman–Crippen MR) is 71.8 cm³/mol. The summed E-state index contributed by atoms with van der Waals surface area (Å²) in [7, 11) is 0. The van der Waals surface area contributed by atoms with E-state index in [0.29, 0.717) is 6.42 Å². The van der Waals surface area contributed by atoms with Gasteiger partial charge in [-0.1, -0.05) is 39.5 Å². The summed E-state index contributed by atoms with van der Waals surface area (Å²) in [5.41, 5.74) is 5.09. The van der Waals surface area contributed by atoms with Crippen LogP contribution in [0.1, 0.15) is 72.6 Å². The van der Waals surface area contributed by atoms with Crippen LogP contribution in [0.3, 0.4) is 0 Å². The molecule has 0 radical (unpaired) electrons. The zero-order valence-electron chi connectivity index (χ0n) is 11.9. The van der Waals surface area contributed by atoms with Crippen molar-refractivity contribution < 1.29 is 9.53 Å². The maximum Gasteiger partial charge on any atom is 0.326 e. The lowest BCUT2D eigenvalue weighted by atomic mass is 9.98. The van der Waals surface area contributed by atoms with Crippen LogP contribution in [0.15, 0.2) is 0 Å². The largest absolute Gasteiger partial charge is 0.461 e. The first-order valence-corrected chi connectivity index (χ1v) is 6.94. The van der Waals surface area contributed by atoms with E-state index in [1.54, 1.807) is 6.92 Å². The highest BCUT2D eigenvalue weighted by Crippen LogP contribution is 2.14. The Kier molecular flexibility index (Phi) is 8.23. The zero-order chi connectivity index (χ0) is 13.3. The molecule has 0 aliphatic rings. The zero-order valence-corrected chi connectivity index (χ0v) is 11.9. The van der Waals surface area contributed by atoms with Crippen molar-refractivity contribution in [2.45, 2.75) is 84.3 Å². The van der Waals surface area contributed by atoms with Crippen molar-refractivity contribution >= 4 is 5.97 Å². The third kappa shape index (κ3) is 7.37. The van der Waals surface area contributed by atoms with Gasteiger partial charge in [-0.25, -0.2) is 0 Å². The Balaban J connectivity index is 3.86. The van der Waals surface area contributed by atoms with Gasteiger partial charge in [0.2, 0.25) is 0 Å². The molecular formula is C14H29NO2. The smallest absolute Gasteiger partial charge is 0.326 e. The van der Waals surface area contributed by atoms with Crippen molar-refractivity contribution in [2.24, 2.45) is 5.73 Å². The summed E-state index contributed by atoms with van der Waals surface area (Å²) >= 11 is 0. The molecule has 0 rings (SSSR count). The number of esters is 1. The van der Waals surface area contributed by atoms with Crippen molar-refractivity contribution in [1.29, 1.82) is 0 Å². The summed E-state index contributed by atoms with van der Waals surface area (Å²) in [6.07, 6.45) is 7.32. The molecule has 0 aliphatic carbocycles. The number of hydrogen-bond acceptors (Lipinski definition) is 3. The van der Waals surface area contributed by atoms with Gasteiger partial charge in [0, 0.05) is 0 Å². The second-order valence-electron chi connectivity index (χ2n) is 5.23. The SMILES string of the molecule is CCCCCCC(C)OC(=O)C(C)(N)CCC. The molecule has 0 heterocycles. The van der Waals surface area contributed by atoms with E-state index < -0.39 is 5.54 Å². The third-order valence-electron chi connectivity index (χ3n) is 3.01. The number of carbonyl (C=O) groups excluding carboxylic acids is 1. The van der Waals surface area contributed by atoms with Crippen LogP contribution in [0, 0.1) is 0 Å². The standard InChI is InChI=1S/C14H29NO2/c1-5-7-8-9-10-12(3)17-13(16)14(4,15)11-6-2/h12H,5-11,15H2,1-4H3. The second-order valence-corrected chi connectivity index (χ2v) is 5.23. The topological polar surface area (TPSA) is 52.3 Å². The Labute approximate surface area is 106 Å². The number of carbonyl (C=O) groups is 1. The summed E-state index contributed by atoms with van der Waals surface area (Å²) in [5, 5.41) is 0. The normalized spacial score (nSPS) is 16.3. The average Bonchev–Trinajstić information content (AvgIpc) is 2.24. The lowest BCUT2D eigenvalue weighted by Crippen LogP contribution is -2.47. The van der Waals surface area contributed by atoms with Crippen LogP contribution < -0.4 is 5.73 Å². The highest BCUT2D eigenvalue weighted by Gasteiger charge is 2.30. The van der Waals surface area contributed by atoms with Crippen molar-refractivity contribution in [2.75, 3.05) is 0 Å². The molecule has 0 fully saturated rings. The van der Waals surface area contributed by atoms with E-state index in [2.05, 4.69) is 6.92 Å². The molecule has 0 spiro atoms. The van der Waals surface area contributed by atoms with Crippen molar-refractivity contribution in [3.05, 3.63) is 0 Å². The minimum atomic E-state index is -0.827. The molecule has 2 N–H and O–H groups in total. The Morgan fingerprint density at radius 3 is 2.41 bits per heavy atom. The lowest BCUT2D eigenvalue weighted by Gasteiger charge is -2.24. The number of hydrogen-bond donors (Lipinski definition) is 1. The van der Waals surface area contributed by atoms with Crippen LogP contribution in [-0.2, 0) is 9.53 Å². The van der Waals surface area contributed by atoms with E-state index in [1.165, 1.54) is 19.3 Å². The van der Waals surface area contributed by atoms with Gasteiger partial charge in [0.25, 0.3) is 0 Å². The predicted octanol–water partition coefficient (Wildman–Crippen LogP) is 3.41. The molecule has 3 heteroatoms. The fourth-order valence-electron chi connectivity index (χ4n) is 1.86. The Hall–Kier alpha value is -0.570. The van der Waals surface area contributed by atoms with E-state index in [9.17, 15) is 4.79 Å². The highest BCUT2D eigenvalue weighted by atomic mass is 16.5. The van der Waals surface area contributed by atoms with Crippen LogP contribution in [0.5, 0.6) is 0 Å². The van der Waals surface area contributed by atoms with Gasteiger partial charge >= 0.3 is 5.97 Å².